The quantitative estimate of drug-likeness (QED) is 0.851. The molecule has 112 valence electrons. The summed E-state index contributed by atoms with van der Waals surface area (Å²) in [6.07, 6.45) is 0. The molecule has 2 rings (SSSR count). The molecule has 4 nitrogen and oxygen atoms in total. The molecular formula is C14H15Cl2N3OS. The summed E-state index contributed by atoms with van der Waals surface area (Å²) in [5.41, 5.74) is 2.49. The van der Waals surface area contributed by atoms with E-state index < -0.39 is 0 Å². The second-order valence-electron chi connectivity index (χ2n) is 4.58. The predicted molar refractivity (Wildman–Crippen MR) is 88.5 cm³/mol. The lowest BCUT2D eigenvalue weighted by molar-refractivity contribution is -0.113. The second kappa shape index (κ2) is 6.73. The van der Waals surface area contributed by atoms with Crippen LogP contribution < -0.4 is 5.32 Å². The minimum absolute atomic E-state index is 0.102. The number of aryl methyl sites for hydroxylation is 2. The van der Waals surface area contributed by atoms with Gasteiger partial charge in [-0.1, -0.05) is 23.2 Å². The van der Waals surface area contributed by atoms with Gasteiger partial charge in [-0.05, 0) is 32.0 Å². The molecule has 21 heavy (non-hydrogen) atoms. The Bertz CT molecular complexity index is 685. The summed E-state index contributed by atoms with van der Waals surface area (Å²) in [4.78, 5) is 12.8. The zero-order chi connectivity index (χ0) is 15.6. The molecule has 1 aromatic carbocycles. The number of hydrogen-bond donors (Lipinski definition) is 1. The van der Waals surface area contributed by atoms with E-state index in [0.29, 0.717) is 10.0 Å². The summed E-state index contributed by atoms with van der Waals surface area (Å²) < 4.78 is 1.74. The molecule has 2 aromatic rings. The highest BCUT2D eigenvalue weighted by molar-refractivity contribution is 8.00. The van der Waals surface area contributed by atoms with Crippen LogP contribution in [0.3, 0.4) is 0 Å². The molecule has 1 aromatic heterocycles. The van der Waals surface area contributed by atoms with E-state index in [1.54, 1.807) is 22.9 Å². The first kappa shape index (κ1) is 16.2. The Hall–Kier alpha value is -1.17. The van der Waals surface area contributed by atoms with E-state index in [9.17, 15) is 4.79 Å². The zero-order valence-corrected chi connectivity index (χ0v) is 14.2. The van der Waals surface area contributed by atoms with Gasteiger partial charge in [0, 0.05) is 17.0 Å². The lowest BCUT2D eigenvalue weighted by Crippen LogP contribution is -2.15. The molecule has 0 aliphatic carbocycles. The van der Waals surface area contributed by atoms with Gasteiger partial charge in [0.15, 0.2) is 0 Å². The van der Waals surface area contributed by atoms with Crippen molar-refractivity contribution in [2.45, 2.75) is 18.7 Å². The fraction of sp³-hybridized carbons (Fsp3) is 0.286. The van der Waals surface area contributed by atoms with Crippen LogP contribution in [0.25, 0.3) is 0 Å². The lowest BCUT2D eigenvalue weighted by Gasteiger charge is -2.07. The standard InChI is InChI=1S/C14H15Cl2N3OS/c1-8-14(9(2)19(3)18-8)17-13(20)7-21-12-6-10(15)4-5-11(12)16/h4-6H,7H2,1-3H3,(H,17,20). The molecule has 1 heterocycles. The average molecular weight is 344 g/mol. The molecule has 0 atom stereocenters. The van der Waals surface area contributed by atoms with E-state index in [1.165, 1.54) is 11.8 Å². The maximum atomic E-state index is 12.1. The van der Waals surface area contributed by atoms with Crippen molar-refractivity contribution >= 4 is 46.6 Å². The number of nitrogens with one attached hydrogen (secondary N) is 1. The van der Waals surface area contributed by atoms with Crippen molar-refractivity contribution in [2.24, 2.45) is 7.05 Å². The molecule has 0 aliphatic heterocycles. The van der Waals surface area contributed by atoms with Gasteiger partial charge in [0.2, 0.25) is 5.91 Å². The van der Waals surface area contributed by atoms with Crippen molar-refractivity contribution in [3.63, 3.8) is 0 Å². The highest BCUT2D eigenvalue weighted by Gasteiger charge is 2.13. The molecule has 0 spiro atoms. The first-order valence-electron chi connectivity index (χ1n) is 6.26. The molecule has 0 saturated heterocycles. The van der Waals surface area contributed by atoms with Gasteiger partial charge in [-0.3, -0.25) is 9.48 Å². The van der Waals surface area contributed by atoms with Crippen LogP contribution in [0.5, 0.6) is 0 Å². The zero-order valence-electron chi connectivity index (χ0n) is 11.9. The third-order valence-electron chi connectivity index (χ3n) is 3.03. The summed E-state index contributed by atoms with van der Waals surface area (Å²) >= 11 is 13.3. The smallest absolute Gasteiger partial charge is 0.234 e. The van der Waals surface area contributed by atoms with Gasteiger partial charge in [-0.25, -0.2) is 0 Å². The number of halogens is 2. The van der Waals surface area contributed by atoms with Gasteiger partial charge < -0.3 is 5.32 Å². The molecule has 1 N–H and O–H groups in total. The summed E-state index contributed by atoms with van der Waals surface area (Å²) in [7, 11) is 1.85. The van der Waals surface area contributed by atoms with E-state index in [4.69, 9.17) is 23.2 Å². The van der Waals surface area contributed by atoms with Crippen molar-refractivity contribution < 1.29 is 4.79 Å². The maximum absolute atomic E-state index is 12.1. The van der Waals surface area contributed by atoms with Crippen LogP contribution >= 0.6 is 35.0 Å². The second-order valence-corrected chi connectivity index (χ2v) is 6.44. The third kappa shape index (κ3) is 3.93. The summed E-state index contributed by atoms with van der Waals surface area (Å²) in [6, 6.07) is 5.19. The lowest BCUT2D eigenvalue weighted by atomic mass is 10.3. The Morgan fingerprint density at radius 2 is 2.10 bits per heavy atom. The number of aromatic nitrogens is 2. The number of carbonyl (C=O) groups excluding carboxylic acids is 1. The van der Waals surface area contributed by atoms with Crippen LogP contribution in [0.15, 0.2) is 23.1 Å². The van der Waals surface area contributed by atoms with Crippen LogP contribution in [-0.2, 0) is 11.8 Å². The Morgan fingerprint density at radius 1 is 1.38 bits per heavy atom. The van der Waals surface area contributed by atoms with Crippen LogP contribution in [-0.4, -0.2) is 21.4 Å². The minimum atomic E-state index is -0.102. The molecule has 0 bridgehead atoms. The van der Waals surface area contributed by atoms with Gasteiger partial charge in [0.25, 0.3) is 0 Å². The van der Waals surface area contributed by atoms with Crippen LogP contribution in [0, 0.1) is 13.8 Å². The normalized spacial score (nSPS) is 10.7. The predicted octanol–water partition coefficient (Wildman–Crippen LogP) is 4.07. The average Bonchev–Trinajstić information content (AvgIpc) is 2.66. The van der Waals surface area contributed by atoms with Gasteiger partial charge >= 0.3 is 0 Å². The molecule has 0 fully saturated rings. The number of hydrogen-bond acceptors (Lipinski definition) is 3. The number of amides is 1. The van der Waals surface area contributed by atoms with Crippen molar-refractivity contribution in [3.8, 4) is 0 Å². The van der Waals surface area contributed by atoms with Crippen molar-refractivity contribution in [2.75, 3.05) is 11.1 Å². The molecule has 0 aliphatic rings. The first-order valence-corrected chi connectivity index (χ1v) is 8.00. The van der Waals surface area contributed by atoms with Gasteiger partial charge in [0.05, 0.1) is 27.9 Å². The molecule has 0 saturated carbocycles. The van der Waals surface area contributed by atoms with Gasteiger partial charge in [-0.15, -0.1) is 11.8 Å². The van der Waals surface area contributed by atoms with E-state index in [2.05, 4.69) is 10.4 Å². The van der Waals surface area contributed by atoms with Crippen LogP contribution in [0.1, 0.15) is 11.4 Å². The monoisotopic (exact) mass is 343 g/mol. The number of nitrogens with zero attached hydrogens (tertiary/aromatic N) is 2. The largest absolute Gasteiger partial charge is 0.322 e. The minimum Gasteiger partial charge on any atom is -0.322 e. The summed E-state index contributed by atoms with van der Waals surface area (Å²) in [6.45, 7) is 3.78. The van der Waals surface area contributed by atoms with Crippen molar-refractivity contribution in [3.05, 3.63) is 39.6 Å². The Balaban J connectivity index is 2.01. The van der Waals surface area contributed by atoms with Crippen molar-refractivity contribution in [1.82, 2.24) is 9.78 Å². The van der Waals surface area contributed by atoms with Crippen molar-refractivity contribution in [1.29, 1.82) is 0 Å². The summed E-state index contributed by atoms with van der Waals surface area (Å²) in [5, 5.41) is 8.34. The van der Waals surface area contributed by atoms with Gasteiger partial charge in [-0.2, -0.15) is 5.10 Å². The number of rotatable bonds is 4. The molecule has 0 unspecified atom stereocenters. The van der Waals surface area contributed by atoms with E-state index in [0.717, 1.165) is 22.0 Å². The maximum Gasteiger partial charge on any atom is 0.234 e. The Labute approximate surface area is 137 Å². The first-order chi connectivity index (χ1) is 9.88. The van der Waals surface area contributed by atoms with Crippen LogP contribution in [0.4, 0.5) is 5.69 Å². The molecule has 7 heteroatoms. The number of benzene rings is 1. The fourth-order valence-electron chi connectivity index (χ4n) is 1.86. The third-order valence-corrected chi connectivity index (χ3v) is 4.76. The topological polar surface area (TPSA) is 46.9 Å². The van der Waals surface area contributed by atoms with E-state index in [1.807, 2.05) is 20.9 Å². The van der Waals surface area contributed by atoms with E-state index in [-0.39, 0.29) is 11.7 Å². The molecule has 0 radical (unpaired) electrons. The number of anilines is 1. The highest BCUT2D eigenvalue weighted by atomic mass is 35.5. The fourth-order valence-corrected chi connectivity index (χ4v) is 3.15. The Morgan fingerprint density at radius 3 is 2.71 bits per heavy atom. The van der Waals surface area contributed by atoms with E-state index >= 15 is 0 Å². The van der Waals surface area contributed by atoms with Gasteiger partial charge in [0.1, 0.15) is 0 Å². The molecular weight excluding hydrogens is 329 g/mol. The Kier molecular flexibility index (Phi) is 5.19. The SMILES string of the molecule is Cc1nn(C)c(C)c1NC(=O)CSc1cc(Cl)ccc1Cl. The molecule has 1 amide bonds. The number of thioether (sulfide) groups is 1. The highest BCUT2D eigenvalue weighted by Crippen LogP contribution is 2.30. The van der Waals surface area contributed by atoms with Crippen LogP contribution in [0.2, 0.25) is 10.0 Å². The summed E-state index contributed by atoms with van der Waals surface area (Å²) in [5.74, 6) is 0.156. The number of carbonyl (C=O) groups is 1.